The Balaban J connectivity index is 2.46. The number of hydrogen-bond donors (Lipinski definition) is 0. The Bertz CT molecular complexity index is 291. The van der Waals surface area contributed by atoms with Gasteiger partial charge in [-0.2, -0.15) is 0 Å². The molecule has 2 rings (SSSR count). The quantitative estimate of drug-likeness (QED) is 0.469. The molecule has 0 N–H and O–H groups in total. The molecule has 1 aromatic carbocycles. The predicted octanol–water partition coefficient (Wildman–Crippen LogP) is 1.07. The maximum absolute atomic E-state index is 3.42. The maximum atomic E-state index is 3.42. The molecule has 1 heterocycles. The van der Waals surface area contributed by atoms with E-state index >= 15 is 0 Å². The zero-order valence-electron chi connectivity index (χ0n) is 5.47. The van der Waals surface area contributed by atoms with Crippen LogP contribution in [-0.2, 0) is 5.33 Å². The van der Waals surface area contributed by atoms with Gasteiger partial charge in [-0.05, 0) is 0 Å². The van der Waals surface area contributed by atoms with Crippen molar-refractivity contribution in [3.63, 3.8) is 0 Å². The molecule has 48 valence electrons. The Morgan fingerprint density at radius 1 is 1.40 bits per heavy atom. The van der Waals surface area contributed by atoms with Crippen LogP contribution >= 0.6 is 15.9 Å². The van der Waals surface area contributed by atoms with Crippen LogP contribution in [0.4, 0.5) is 0 Å². The third kappa shape index (κ3) is 0.872. The molecular formula is C8H6BBr. The van der Waals surface area contributed by atoms with E-state index in [1.807, 2.05) is 0 Å². The molecule has 0 spiro atoms. The minimum atomic E-state index is 0.952. The van der Waals surface area contributed by atoms with Gasteiger partial charge in [-0.3, -0.25) is 0 Å². The third-order valence-corrected chi connectivity index (χ3v) is 2.40. The first kappa shape index (κ1) is 6.35. The van der Waals surface area contributed by atoms with Crippen molar-refractivity contribution in [2.24, 2.45) is 0 Å². The van der Waals surface area contributed by atoms with E-state index in [4.69, 9.17) is 0 Å². The molecule has 0 aromatic heterocycles. The van der Waals surface area contributed by atoms with Crippen LogP contribution in [0.5, 0.6) is 0 Å². The molecule has 0 atom stereocenters. The number of benzene rings is 1. The van der Waals surface area contributed by atoms with Crippen LogP contribution < -0.4 is 5.46 Å². The summed E-state index contributed by atoms with van der Waals surface area (Å²) in [7, 11) is 0. The fourth-order valence-corrected chi connectivity index (χ4v) is 1.44. The Labute approximate surface area is 69.3 Å². The van der Waals surface area contributed by atoms with Crippen molar-refractivity contribution in [3.8, 4) is 0 Å². The second-order valence-electron chi connectivity index (χ2n) is 2.43. The average molecular weight is 193 g/mol. The SMILES string of the molecule is BrCc1ccc2c(c1)C=B2. The van der Waals surface area contributed by atoms with E-state index in [9.17, 15) is 0 Å². The van der Waals surface area contributed by atoms with Crippen LogP contribution in [0.3, 0.4) is 0 Å². The summed E-state index contributed by atoms with van der Waals surface area (Å²) in [5.74, 6) is 2.14. The topological polar surface area (TPSA) is 0 Å². The average Bonchev–Trinajstić information content (AvgIpc) is 1.92. The van der Waals surface area contributed by atoms with Gasteiger partial charge in [0.2, 0.25) is 0 Å². The van der Waals surface area contributed by atoms with E-state index in [0.717, 1.165) is 5.33 Å². The molecule has 0 saturated heterocycles. The van der Waals surface area contributed by atoms with Crippen molar-refractivity contribution < 1.29 is 0 Å². The summed E-state index contributed by atoms with van der Waals surface area (Å²) in [6.07, 6.45) is 0. The van der Waals surface area contributed by atoms with Gasteiger partial charge in [0.1, 0.15) is 0 Å². The molecule has 0 radical (unpaired) electrons. The standard InChI is InChI=1S/C8H6BBr/c10-5-6-1-2-8-7(3-6)4-9-8/h1-4H,5H2. The zero-order valence-corrected chi connectivity index (χ0v) is 7.06. The molecule has 10 heavy (non-hydrogen) atoms. The number of rotatable bonds is 1. The molecule has 1 aliphatic rings. The van der Waals surface area contributed by atoms with Gasteiger partial charge in [-0.15, -0.1) is 0 Å². The van der Waals surface area contributed by atoms with Crippen molar-refractivity contribution >= 4 is 34.3 Å². The first-order chi connectivity index (χ1) is 4.90. The number of hydrogen-bond acceptors (Lipinski definition) is 0. The second kappa shape index (κ2) is 2.35. The minimum absolute atomic E-state index is 0.952. The Kier molecular flexibility index (Phi) is 1.49. The van der Waals surface area contributed by atoms with E-state index < -0.39 is 0 Å². The summed E-state index contributed by atoms with van der Waals surface area (Å²) in [5.41, 5.74) is 4.09. The number of halogens is 1. The van der Waals surface area contributed by atoms with E-state index in [1.54, 1.807) is 0 Å². The summed E-state index contributed by atoms with van der Waals surface area (Å²) in [6, 6.07) is 6.52. The first-order valence-electron chi connectivity index (χ1n) is 3.27. The molecule has 1 aliphatic heterocycles. The molecule has 0 amide bonds. The summed E-state index contributed by atoms with van der Waals surface area (Å²) in [4.78, 5) is 0. The summed E-state index contributed by atoms with van der Waals surface area (Å²) in [6.45, 7) is 2.13. The van der Waals surface area contributed by atoms with Crippen molar-refractivity contribution in [3.05, 3.63) is 29.3 Å². The van der Waals surface area contributed by atoms with Crippen molar-refractivity contribution in [2.75, 3.05) is 0 Å². The Morgan fingerprint density at radius 2 is 2.30 bits per heavy atom. The fourth-order valence-electron chi connectivity index (χ4n) is 1.09. The van der Waals surface area contributed by atoms with Crippen molar-refractivity contribution in [1.82, 2.24) is 0 Å². The van der Waals surface area contributed by atoms with Crippen LogP contribution in [0.2, 0.25) is 0 Å². The fraction of sp³-hybridized carbons (Fsp3) is 0.125. The monoisotopic (exact) mass is 192 g/mol. The van der Waals surface area contributed by atoms with Gasteiger partial charge in [0.15, 0.2) is 0 Å². The molecule has 0 nitrogen and oxygen atoms in total. The molecule has 0 unspecified atom stereocenters. The van der Waals surface area contributed by atoms with Gasteiger partial charge >= 0.3 is 68.9 Å². The molecule has 2 heteroatoms. The van der Waals surface area contributed by atoms with E-state index in [1.165, 1.54) is 16.6 Å². The molecule has 0 fully saturated rings. The van der Waals surface area contributed by atoms with E-state index in [2.05, 4.69) is 47.0 Å². The zero-order chi connectivity index (χ0) is 6.97. The van der Waals surface area contributed by atoms with Gasteiger partial charge in [-0.1, -0.05) is 0 Å². The van der Waals surface area contributed by atoms with E-state index in [-0.39, 0.29) is 0 Å². The van der Waals surface area contributed by atoms with Crippen LogP contribution in [0.1, 0.15) is 11.1 Å². The summed E-state index contributed by atoms with van der Waals surface area (Å²) < 4.78 is 0. The van der Waals surface area contributed by atoms with Crippen LogP contribution in [0, 0.1) is 0 Å². The van der Waals surface area contributed by atoms with Crippen molar-refractivity contribution in [1.29, 1.82) is 0 Å². The van der Waals surface area contributed by atoms with Gasteiger partial charge in [0.05, 0.1) is 0 Å². The first-order valence-corrected chi connectivity index (χ1v) is 4.39. The predicted molar refractivity (Wildman–Crippen MR) is 49.6 cm³/mol. The van der Waals surface area contributed by atoms with Gasteiger partial charge < -0.3 is 0 Å². The molecule has 1 aromatic rings. The van der Waals surface area contributed by atoms with Crippen LogP contribution in [0.15, 0.2) is 18.2 Å². The number of alkyl halides is 1. The molecular weight excluding hydrogens is 187 g/mol. The Morgan fingerprint density at radius 3 is 2.80 bits per heavy atom. The summed E-state index contributed by atoms with van der Waals surface area (Å²) in [5, 5.41) is 0.952. The third-order valence-electron chi connectivity index (χ3n) is 1.75. The van der Waals surface area contributed by atoms with Crippen molar-refractivity contribution in [2.45, 2.75) is 5.33 Å². The van der Waals surface area contributed by atoms with Crippen LogP contribution in [0.25, 0.3) is 0 Å². The van der Waals surface area contributed by atoms with Gasteiger partial charge in [0.25, 0.3) is 0 Å². The van der Waals surface area contributed by atoms with Gasteiger partial charge in [0, 0.05) is 0 Å². The number of fused-ring (bicyclic) bond motifs is 1. The molecule has 0 bridgehead atoms. The second-order valence-corrected chi connectivity index (χ2v) is 2.99. The normalized spacial score (nSPS) is 11.7. The van der Waals surface area contributed by atoms with Crippen LogP contribution in [-0.4, -0.2) is 12.9 Å². The van der Waals surface area contributed by atoms with E-state index in [0.29, 0.717) is 0 Å². The Hall–Kier alpha value is -0.365. The summed E-state index contributed by atoms with van der Waals surface area (Å²) >= 11 is 3.42. The van der Waals surface area contributed by atoms with Gasteiger partial charge in [-0.25, -0.2) is 0 Å². The molecule has 0 saturated carbocycles. The molecule has 0 aliphatic carbocycles.